The maximum Gasteiger partial charge on any atom is 0.354 e. The molecule has 3 aromatic rings. The molecule has 0 unspecified atom stereocenters. The molecule has 0 radical (unpaired) electrons. The molecule has 2 aromatic carbocycles. The van der Waals surface area contributed by atoms with E-state index >= 15 is 0 Å². The van der Waals surface area contributed by atoms with Gasteiger partial charge in [-0.25, -0.2) is 18.4 Å². The Balaban J connectivity index is 1.82. The number of benzene rings is 2. The number of hydrazine groups is 1. The quantitative estimate of drug-likeness (QED) is 0.293. The lowest BCUT2D eigenvalue weighted by Crippen LogP contribution is -2.30. The first-order valence-electron chi connectivity index (χ1n) is 9.14. The number of hydrogen-bond donors (Lipinski definition) is 4. The molecule has 0 fully saturated rings. The van der Waals surface area contributed by atoms with Gasteiger partial charge in [-0.3, -0.25) is 20.3 Å². The summed E-state index contributed by atoms with van der Waals surface area (Å²) in [6.45, 7) is 3.19. The number of carbonyl (C=O) groups excluding carboxylic acids is 1. The van der Waals surface area contributed by atoms with Gasteiger partial charge in [0.15, 0.2) is 0 Å². The zero-order valence-electron chi connectivity index (χ0n) is 17.0. The van der Waals surface area contributed by atoms with Crippen molar-refractivity contribution in [2.45, 2.75) is 18.7 Å². The Morgan fingerprint density at radius 3 is 2.16 bits per heavy atom. The standard InChI is InChI=1S/C19H19N7O5S/c1-12-3-9-16(10-4-12)32(30,31)25-24-19-17(26(28)29)18(20-11-21-19)23-15-7-5-14(6-8-15)22-13(2)27/h3-11,25H,1-2H3,(H,22,27)(H2,20,21,23,24). The molecule has 1 amide bonds. The van der Waals surface area contributed by atoms with Gasteiger partial charge < -0.3 is 10.6 Å². The molecule has 166 valence electrons. The van der Waals surface area contributed by atoms with Gasteiger partial charge in [-0.2, -0.15) is 0 Å². The Bertz CT molecular complexity index is 1250. The summed E-state index contributed by atoms with van der Waals surface area (Å²) in [4.78, 5) is 31.8. The molecule has 1 heterocycles. The van der Waals surface area contributed by atoms with Gasteiger partial charge in [0.1, 0.15) is 6.33 Å². The highest BCUT2D eigenvalue weighted by molar-refractivity contribution is 7.89. The second-order valence-corrected chi connectivity index (χ2v) is 8.29. The Morgan fingerprint density at radius 2 is 1.56 bits per heavy atom. The van der Waals surface area contributed by atoms with E-state index in [1.165, 1.54) is 19.1 Å². The maximum atomic E-state index is 12.4. The zero-order chi connectivity index (χ0) is 23.3. The minimum Gasteiger partial charge on any atom is -0.334 e. The first kappa shape index (κ1) is 22.6. The van der Waals surface area contributed by atoms with Crippen molar-refractivity contribution in [3.05, 3.63) is 70.5 Å². The van der Waals surface area contributed by atoms with Crippen LogP contribution in [0.1, 0.15) is 12.5 Å². The van der Waals surface area contributed by atoms with Gasteiger partial charge in [0, 0.05) is 18.3 Å². The number of rotatable bonds is 8. The lowest BCUT2D eigenvalue weighted by molar-refractivity contribution is -0.383. The van der Waals surface area contributed by atoms with Gasteiger partial charge in [0.05, 0.1) is 9.82 Å². The van der Waals surface area contributed by atoms with Crippen LogP contribution in [0.25, 0.3) is 0 Å². The number of hydrogen-bond acceptors (Lipinski definition) is 9. The van der Waals surface area contributed by atoms with Gasteiger partial charge >= 0.3 is 5.69 Å². The third-order valence-corrected chi connectivity index (χ3v) is 5.37. The van der Waals surface area contributed by atoms with Crippen molar-refractivity contribution in [3.8, 4) is 0 Å². The first-order chi connectivity index (χ1) is 15.2. The Labute approximate surface area is 183 Å². The lowest BCUT2D eigenvalue weighted by Gasteiger charge is -2.12. The van der Waals surface area contributed by atoms with Gasteiger partial charge in [0.2, 0.25) is 17.5 Å². The average Bonchev–Trinajstić information content (AvgIpc) is 2.73. The molecule has 0 saturated carbocycles. The van der Waals surface area contributed by atoms with Crippen molar-refractivity contribution >= 4 is 44.6 Å². The molecule has 0 spiro atoms. The fourth-order valence-electron chi connectivity index (χ4n) is 2.60. The van der Waals surface area contributed by atoms with Gasteiger partial charge in [0.25, 0.3) is 10.0 Å². The Morgan fingerprint density at radius 1 is 0.969 bits per heavy atom. The number of aromatic nitrogens is 2. The van der Waals surface area contributed by atoms with E-state index in [-0.39, 0.29) is 22.4 Å². The smallest absolute Gasteiger partial charge is 0.334 e. The van der Waals surface area contributed by atoms with Crippen LogP contribution in [0.5, 0.6) is 0 Å². The SMILES string of the molecule is CC(=O)Nc1ccc(Nc2ncnc(NNS(=O)(=O)c3ccc(C)cc3)c2[N+](=O)[O-])cc1. The van der Waals surface area contributed by atoms with Crippen LogP contribution in [0.2, 0.25) is 0 Å². The molecular formula is C19H19N7O5S. The van der Waals surface area contributed by atoms with Crippen LogP contribution in [0.4, 0.5) is 28.7 Å². The van der Waals surface area contributed by atoms with Gasteiger partial charge in [-0.1, -0.05) is 17.7 Å². The van der Waals surface area contributed by atoms with Crippen LogP contribution >= 0.6 is 0 Å². The molecule has 3 rings (SSSR count). The summed E-state index contributed by atoms with van der Waals surface area (Å²) in [5, 5.41) is 17.1. The number of sulfonamides is 1. The van der Waals surface area contributed by atoms with Crippen LogP contribution < -0.4 is 20.9 Å². The third-order valence-electron chi connectivity index (χ3n) is 4.11. The molecule has 1 aromatic heterocycles. The van der Waals surface area contributed by atoms with E-state index in [0.29, 0.717) is 11.4 Å². The minimum atomic E-state index is -4.00. The largest absolute Gasteiger partial charge is 0.354 e. The summed E-state index contributed by atoms with van der Waals surface area (Å²) < 4.78 is 24.9. The molecule has 32 heavy (non-hydrogen) atoms. The topological polar surface area (TPSA) is 168 Å². The number of aryl methyl sites for hydroxylation is 1. The summed E-state index contributed by atoms with van der Waals surface area (Å²) in [7, 11) is -4.00. The van der Waals surface area contributed by atoms with E-state index in [1.54, 1.807) is 36.4 Å². The fraction of sp³-hybridized carbons (Fsp3) is 0.105. The summed E-state index contributed by atoms with van der Waals surface area (Å²) in [6, 6.07) is 12.4. The van der Waals surface area contributed by atoms with Crippen molar-refractivity contribution in [2.24, 2.45) is 0 Å². The normalized spacial score (nSPS) is 10.9. The monoisotopic (exact) mass is 457 g/mol. The Hall–Kier alpha value is -4.10. The van der Waals surface area contributed by atoms with Crippen LogP contribution in [-0.4, -0.2) is 29.2 Å². The highest BCUT2D eigenvalue weighted by Crippen LogP contribution is 2.31. The average molecular weight is 457 g/mol. The molecular weight excluding hydrogens is 438 g/mol. The summed E-state index contributed by atoms with van der Waals surface area (Å²) >= 11 is 0. The third kappa shape index (κ3) is 5.53. The maximum absolute atomic E-state index is 12.4. The second kappa shape index (κ2) is 9.36. The van der Waals surface area contributed by atoms with Crippen LogP contribution in [0, 0.1) is 17.0 Å². The first-order valence-corrected chi connectivity index (χ1v) is 10.6. The van der Waals surface area contributed by atoms with Gasteiger partial charge in [-0.05, 0) is 43.3 Å². The number of nitrogens with zero attached hydrogens (tertiary/aromatic N) is 3. The van der Waals surface area contributed by atoms with Crippen molar-refractivity contribution in [1.29, 1.82) is 0 Å². The van der Waals surface area contributed by atoms with Crippen LogP contribution in [0.3, 0.4) is 0 Å². The van der Waals surface area contributed by atoms with E-state index in [1.807, 2.05) is 6.92 Å². The van der Waals surface area contributed by atoms with E-state index in [4.69, 9.17) is 0 Å². The molecule has 0 aliphatic carbocycles. The van der Waals surface area contributed by atoms with Crippen molar-refractivity contribution in [2.75, 3.05) is 16.1 Å². The summed E-state index contributed by atoms with van der Waals surface area (Å²) in [5.74, 6) is -0.742. The number of nitro groups is 1. The van der Waals surface area contributed by atoms with Crippen LogP contribution in [-0.2, 0) is 14.8 Å². The number of anilines is 4. The number of nitrogens with one attached hydrogen (secondary N) is 4. The van der Waals surface area contributed by atoms with E-state index in [9.17, 15) is 23.3 Å². The highest BCUT2D eigenvalue weighted by atomic mass is 32.2. The van der Waals surface area contributed by atoms with E-state index in [0.717, 1.165) is 11.9 Å². The second-order valence-electron chi connectivity index (χ2n) is 6.60. The van der Waals surface area contributed by atoms with E-state index < -0.39 is 20.6 Å². The molecule has 0 atom stereocenters. The molecule has 0 aliphatic rings. The number of amides is 1. The Kier molecular flexibility index (Phi) is 6.61. The number of carbonyl (C=O) groups is 1. The van der Waals surface area contributed by atoms with Crippen LogP contribution in [0.15, 0.2) is 59.8 Å². The van der Waals surface area contributed by atoms with Crippen molar-refractivity contribution in [3.63, 3.8) is 0 Å². The van der Waals surface area contributed by atoms with Crippen molar-refractivity contribution in [1.82, 2.24) is 14.8 Å². The fourth-order valence-corrected chi connectivity index (χ4v) is 3.45. The molecule has 0 bridgehead atoms. The molecule has 4 N–H and O–H groups in total. The van der Waals surface area contributed by atoms with E-state index in [2.05, 4.69) is 30.9 Å². The molecule has 13 heteroatoms. The summed E-state index contributed by atoms with van der Waals surface area (Å²) in [6.07, 6.45) is 1.05. The molecule has 0 saturated heterocycles. The highest BCUT2D eigenvalue weighted by Gasteiger charge is 2.25. The molecule has 0 aliphatic heterocycles. The minimum absolute atomic E-state index is 0.0232. The van der Waals surface area contributed by atoms with Crippen molar-refractivity contribution < 1.29 is 18.1 Å². The lowest BCUT2D eigenvalue weighted by atomic mass is 10.2. The predicted octanol–water partition coefficient (Wildman–Crippen LogP) is 2.70. The zero-order valence-corrected chi connectivity index (χ0v) is 17.8. The van der Waals surface area contributed by atoms with Gasteiger partial charge in [-0.15, -0.1) is 4.83 Å². The predicted molar refractivity (Wildman–Crippen MR) is 118 cm³/mol. The summed E-state index contributed by atoms with van der Waals surface area (Å²) in [5.41, 5.74) is 3.60. The molecule has 12 nitrogen and oxygen atoms in total.